The van der Waals surface area contributed by atoms with Gasteiger partial charge in [-0.15, -0.1) is 0 Å². The molecule has 3 aliphatic rings. The van der Waals surface area contributed by atoms with E-state index in [-0.39, 0.29) is 11.8 Å². The Morgan fingerprint density at radius 3 is 2.65 bits per heavy atom. The SMILES string of the molecule is O=C(C(C1CC1)C1CC1)N1CCC(O)(c2cn[nH]n2)C1. The number of hydrogen-bond donors (Lipinski definition) is 2. The number of H-pyrrole nitrogens is 1. The van der Waals surface area contributed by atoms with Gasteiger partial charge in [0.15, 0.2) is 0 Å². The minimum Gasteiger partial charge on any atom is -0.381 e. The third-order valence-electron chi connectivity index (χ3n) is 5.00. The summed E-state index contributed by atoms with van der Waals surface area (Å²) in [7, 11) is 0. The van der Waals surface area contributed by atoms with Gasteiger partial charge >= 0.3 is 0 Å². The molecule has 2 saturated carbocycles. The van der Waals surface area contributed by atoms with E-state index in [1.807, 2.05) is 4.90 Å². The van der Waals surface area contributed by atoms with Gasteiger partial charge in [-0.1, -0.05) is 0 Å². The van der Waals surface area contributed by atoms with E-state index in [1.165, 1.54) is 25.7 Å². The van der Waals surface area contributed by atoms with Crippen LogP contribution in [0.5, 0.6) is 0 Å². The molecule has 1 unspecified atom stereocenters. The Labute approximate surface area is 117 Å². The zero-order valence-corrected chi connectivity index (χ0v) is 11.5. The number of hydrogen-bond acceptors (Lipinski definition) is 4. The van der Waals surface area contributed by atoms with Gasteiger partial charge in [0.1, 0.15) is 11.3 Å². The third kappa shape index (κ3) is 2.02. The molecule has 1 aromatic rings. The highest BCUT2D eigenvalue weighted by molar-refractivity contribution is 5.80. The minimum absolute atomic E-state index is 0.217. The second-order valence-corrected chi connectivity index (χ2v) is 6.60. The van der Waals surface area contributed by atoms with Crippen molar-refractivity contribution in [3.8, 4) is 0 Å². The molecule has 3 fully saturated rings. The zero-order chi connectivity index (χ0) is 13.7. The predicted octanol–water partition coefficient (Wildman–Crippen LogP) is 0.661. The summed E-state index contributed by atoms with van der Waals surface area (Å²) in [5, 5.41) is 20.9. The Morgan fingerprint density at radius 2 is 2.10 bits per heavy atom. The van der Waals surface area contributed by atoms with Gasteiger partial charge in [0.2, 0.25) is 5.91 Å². The van der Waals surface area contributed by atoms with Crippen LogP contribution in [-0.2, 0) is 10.4 Å². The molecule has 108 valence electrons. The topological polar surface area (TPSA) is 82.1 Å². The van der Waals surface area contributed by atoms with Gasteiger partial charge in [0, 0.05) is 18.9 Å². The fourth-order valence-electron chi connectivity index (χ4n) is 3.53. The monoisotopic (exact) mass is 276 g/mol. The molecule has 2 heterocycles. The summed E-state index contributed by atoms with van der Waals surface area (Å²) in [6.07, 6.45) is 6.91. The standard InChI is InChI=1S/C14H20N4O2/c19-13(12(9-1-2-9)10-3-4-10)18-6-5-14(20,8-18)11-7-15-17-16-11/h7,9-10,12,20H,1-6,8H2,(H,15,16,17). The number of carbonyl (C=O) groups excluding carboxylic acids is 1. The first-order chi connectivity index (χ1) is 9.67. The molecule has 0 spiro atoms. The second kappa shape index (κ2) is 4.28. The molecule has 2 aliphatic carbocycles. The van der Waals surface area contributed by atoms with Crippen molar-refractivity contribution in [3.63, 3.8) is 0 Å². The summed E-state index contributed by atoms with van der Waals surface area (Å²) in [4.78, 5) is 14.6. The van der Waals surface area contributed by atoms with E-state index in [1.54, 1.807) is 6.20 Å². The maximum atomic E-state index is 12.7. The molecule has 6 heteroatoms. The first-order valence-electron chi connectivity index (χ1n) is 7.55. The lowest BCUT2D eigenvalue weighted by atomic mass is 9.96. The lowest BCUT2D eigenvalue weighted by molar-refractivity contribution is -0.137. The average molecular weight is 276 g/mol. The summed E-state index contributed by atoms with van der Waals surface area (Å²) >= 11 is 0. The van der Waals surface area contributed by atoms with Gasteiger partial charge in [0.05, 0.1) is 12.7 Å². The van der Waals surface area contributed by atoms with Crippen molar-refractivity contribution in [1.29, 1.82) is 0 Å². The number of aromatic nitrogens is 3. The highest BCUT2D eigenvalue weighted by Gasteiger charge is 2.50. The first kappa shape index (κ1) is 12.3. The lowest BCUT2D eigenvalue weighted by Crippen LogP contribution is -2.39. The normalized spacial score (nSPS) is 30.2. The molecule has 1 amide bonds. The molecule has 1 aromatic heterocycles. The van der Waals surface area contributed by atoms with Crippen molar-refractivity contribution in [2.45, 2.75) is 37.7 Å². The van der Waals surface area contributed by atoms with E-state index in [0.29, 0.717) is 37.0 Å². The van der Waals surface area contributed by atoms with Crippen LogP contribution in [0, 0.1) is 17.8 Å². The minimum atomic E-state index is -1.03. The Kier molecular flexibility index (Phi) is 2.64. The number of rotatable bonds is 4. The van der Waals surface area contributed by atoms with Gasteiger partial charge < -0.3 is 10.0 Å². The molecule has 1 atom stereocenters. The van der Waals surface area contributed by atoms with Crippen LogP contribution in [0.25, 0.3) is 0 Å². The van der Waals surface area contributed by atoms with Gasteiger partial charge in [-0.2, -0.15) is 15.4 Å². The Hall–Kier alpha value is -1.43. The maximum absolute atomic E-state index is 12.7. The van der Waals surface area contributed by atoms with Crippen molar-refractivity contribution >= 4 is 5.91 Å². The summed E-state index contributed by atoms with van der Waals surface area (Å²) in [5.41, 5.74) is -0.484. The summed E-state index contributed by atoms with van der Waals surface area (Å²) in [6, 6.07) is 0. The Morgan fingerprint density at radius 1 is 1.40 bits per heavy atom. The number of nitrogens with zero attached hydrogens (tertiary/aromatic N) is 3. The number of carbonyl (C=O) groups is 1. The summed E-state index contributed by atoms with van der Waals surface area (Å²) in [5.74, 6) is 1.69. The molecule has 6 nitrogen and oxygen atoms in total. The molecule has 0 radical (unpaired) electrons. The van der Waals surface area contributed by atoms with Gasteiger partial charge in [-0.25, -0.2) is 0 Å². The summed E-state index contributed by atoms with van der Waals surface area (Å²) in [6.45, 7) is 0.979. The van der Waals surface area contributed by atoms with Crippen LogP contribution in [0.1, 0.15) is 37.8 Å². The van der Waals surface area contributed by atoms with E-state index in [0.717, 1.165) is 0 Å². The van der Waals surface area contributed by atoms with Gasteiger partial charge in [-0.3, -0.25) is 4.79 Å². The van der Waals surface area contributed by atoms with Crippen molar-refractivity contribution in [2.24, 2.45) is 17.8 Å². The van der Waals surface area contributed by atoms with Crippen molar-refractivity contribution in [2.75, 3.05) is 13.1 Å². The molecule has 1 aliphatic heterocycles. The van der Waals surface area contributed by atoms with Crippen molar-refractivity contribution < 1.29 is 9.90 Å². The van der Waals surface area contributed by atoms with Gasteiger partial charge in [0.25, 0.3) is 0 Å². The largest absolute Gasteiger partial charge is 0.381 e. The average Bonchev–Trinajstić information content (AvgIpc) is 3.35. The van der Waals surface area contributed by atoms with Crippen LogP contribution >= 0.6 is 0 Å². The van der Waals surface area contributed by atoms with E-state index in [9.17, 15) is 9.90 Å². The molecule has 0 bridgehead atoms. The van der Waals surface area contributed by atoms with Gasteiger partial charge in [-0.05, 0) is 37.5 Å². The lowest BCUT2D eigenvalue weighted by Gasteiger charge is -2.25. The Bertz CT molecular complexity index is 497. The molecule has 2 N–H and O–H groups in total. The number of nitrogens with one attached hydrogen (secondary N) is 1. The number of likely N-dealkylation sites (tertiary alicyclic amines) is 1. The first-order valence-corrected chi connectivity index (χ1v) is 7.55. The van der Waals surface area contributed by atoms with E-state index in [4.69, 9.17) is 0 Å². The number of amides is 1. The Balaban J connectivity index is 1.48. The maximum Gasteiger partial charge on any atom is 0.226 e. The van der Waals surface area contributed by atoms with Crippen LogP contribution < -0.4 is 0 Å². The van der Waals surface area contributed by atoms with Crippen molar-refractivity contribution in [1.82, 2.24) is 20.3 Å². The van der Waals surface area contributed by atoms with Crippen LogP contribution in [0.15, 0.2) is 6.20 Å². The number of β-amino-alcohol motifs (C(OH)–C–C–N with tert-alkyl or cyclic N) is 1. The molecule has 20 heavy (non-hydrogen) atoms. The quantitative estimate of drug-likeness (QED) is 0.846. The molecule has 0 aromatic carbocycles. The smallest absolute Gasteiger partial charge is 0.226 e. The number of aromatic amines is 1. The summed E-state index contributed by atoms with van der Waals surface area (Å²) < 4.78 is 0. The van der Waals surface area contributed by atoms with Crippen LogP contribution in [0.2, 0.25) is 0 Å². The molecular formula is C14H20N4O2. The molecule has 1 saturated heterocycles. The molecular weight excluding hydrogens is 256 g/mol. The van der Waals surface area contributed by atoms with Crippen molar-refractivity contribution in [3.05, 3.63) is 11.9 Å². The highest BCUT2D eigenvalue weighted by Crippen LogP contribution is 2.50. The number of aliphatic hydroxyl groups is 1. The van der Waals surface area contributed by atoms with E-state index in [2.05, 4.69) is 15.4 Å². The predicted molar refractivity (Wildman–Crippen MR) is 70.4 cm³/mol. The zero-order valence-electron chi connectivity index (χ0n) is 11.5. The molecule has 4 rings (SSSR count). The van der Waals surface area contributed by atoms with Crippen LogP contribution in [0.3, 0.4) is 0 Å². The fourth-order valence-corrected chi connectivity index (χ4v) is 3.53. The fraction of sp³-hybridized carbons (Fsp3) is 0.786. The third-order valence-corrected chi connectivity index (χ3v) is 5.00. The van der Waals surface area contributed by atoms with Crippen LogP contribution in [-0.4, -0.2) is 44.4 Å². The van der Waals surface area contributed by atoms with Crippen LogP contribution in [0.4, 0.5) is 0 Å². The second-order valence-electron chi connectivity index (χ2n) is 6.60. The van der Waals surface area contributed by atoms with E-state index < -0.39 is 5.60 Å². The van der Waals surface area contributed by atoms with E-state index >= 15 is 0 Å². The highest BCUT2D eigenvalue weighted by atomic mass is 16.3.